The minimum atomic E-state index is -0.107. The normalized spacial score (nSPS) is 15.9. The van der Waals surface area contributed by atoms with Crippen molar-refractivity contribution in [3.8, 4) is 0 Å². The van der Waals surface area contributed by atoms with Gasteiger partial charge in [0.2, 0.25) is 0 Å². The zero-order valence-electron chi connectivity index (χ0n) is 8.47. The molecule has 3 N–H and O–H groups in total. The third kappa shape index (κ3) is 1.25. The second kappa shape index (κ2) is 3.10. The second-order valence-electron chi connectivity index (χ2n) is 3.72. The Hall–Kier alpha value is -2.30. The number of hydrogen-bond acceptors (Lipinski definition) is 3. The number of rotatable bonds is 1. The maximum absolute atomic E-state index is 11.6. The Labute approximate surface area is 91.5 Å². The van der Waals surface area contributed by atoms with Gasteiger partial charge in [0.05, 0.1) is 6.42 Å². The van der Waals surface area contributed by atoms with Crippen LogP contribution in [0.1, 0.15) is 6.42 Å². The molecule has 0 saturated carbocycles. The number of nitrogens with zero attached hydrogens (tertiary/aromatic N) is 2. The maximum atomic E-state index is 11.6. The number of nitrogens with two attached hydrogens (primary N) is 1. The van der Waals surface area contributed by atoms with Crippen molar-refractivity contribution in [1.82, 2.24) is 4.98 Å². The number of aromatic amines is 1. The molecule has 1 amide bonds. The molecule has 0 unspecified atom stereocenters. The molecule has 1 aliphatic rings. The molecule has 2 heterocycles. The van der Waals surface area contributed by atoms with Crippen LogP contribution in [0.3, 0.4) is 0 Å². The number of fused-ring (bicyclic) bond motifs is 1. The van der Waals surface area contributed by atoms with Crippen molar-refractivity contribution in [2.45, 2.75) is 6.42 Å². The minimum Gasteiger partial charge on any atom is -0.385 e. The molecule has 80 valence electrons. The summed E-state index contributed by atoms with van der Waals surface area (Å²) in [5, 5.41) is 6.34. The molecule has 3 rings (SSSR count). The molecule has 16 heavy (non-hydrogen) atoms. The standard InChI is InChI=1S/C11H10N4O/c12-9-6-11(16)15(14-9)10-5-7-3-1-2-4-8(7)13-10/h1-5,13H,6H2,(H2,12,14). The number of carbonyl (C=O) groups is 1. The third-order valence-corrected chi connectivity index (χ3v) is 2.54. The molecule has 0 radical (unpaired) electrons. The Bertz CT molecular complexity index is 566. The maximum Gasteiger partial charge on any atom is 0.256 e. The molecule has 0 spiro atoms. The first-order chi connectivity index (χ1) is 7.74. The molecule has 0 aliphatic carbocycles. The van der Waals surface area contributed by atoms with E-state index in [9.17, 15) is 4.79 Å². The Morgan fingerprint density at radius 1 is 1.38 bits per heavy atom. The van der Waals surface area contributed by atoms with E-state index in [4.69, 9.17) is 5.73 Å². The zero-order chi connectivity index (χ0) is 11.1. The van der Waals surface area contributed by atoms with Crippen molar-refractivity contribution in [3.63, 3.8) is 0 Å². The molecule has 0 atom stereocenters. The largest absolute Gasteiger partial charge is 0.385 e. The summed E-state index contributed by atoms with van der Waals surface area (Å²) < 4.78 is 0. The topological polar surface area (TPSA) is 74.5 Å². The number of amides is 1. The van der Waals surface area contributed by atoms with Gasteiger partial charge in [0, 0.05) is 10.9 Å². The number of anilines is 1. The summed E-state index contributed by atoms with van der Waals surface area (Å²) in [4.78, 5) is 14.7. The van der Waals surface area contributed by atoms with Crippen LogP contribution in [0, 0.1) is 0 Å². The summed E-state index contributed by atoms with van der Waals surface area (Å²) in [6, 6.07) is 9.69. The number of amidine groups is 1. The van der Waals surface area contributed by atoms with Crippen LogP contribution in [-0.4, -0.2) is 16.7 Å². The van der Waals surface area contributed by atoms with Gasteiger partial charge in [0.15, 0.2) is 0 Å². The van der Waals surface area contributed by atoms with E-state index in [1.165, 1.54) is 5.01 Å². The first-order valence-corrected chi connectivity index (χ1v) is 4.98. The van der Waals surface area contributed by atoms with Crippen molar-refractivity contribution in [1.29, 1.82) is 0 Å². The molecule has 1 aromatic carbocycles. The molecular weight excluding hydrogens is 204 g/mol. The second-order valence-corrected chi connectivity index (χ2v) is 3.72. The van der Waals surface area contributed by atoms with E-state index < -0.39 is 0 Å². The zero-order valence-corrected chi connectivity index (χ0v) is 8.47. The van der Waals surface area contributed by atoms with Crippen LogP contribution in [0.5, 0.6) is 0 Å². The number of nitrogens with one attached hydrogen (secondary N) is 1. The molecule has 0 bridgehead atoms. The lowest BCUT2D eigenvalue weighted by molar-refractivity contribution is -0.116. The predicted octanol–water partition coefficient (Wildman–Crippen LogP) is 1.18. The lowest BCUT2D eigenvalue weighted by Gasteiger charge is -2.07. The van der Waals surface area contributed by atoms with Crippen LogP contribution in [-0.2, 0) is 4.79 Å². The van der Waals surface area contributed by atoms with Crippen LogP contribution >= 0.6 is 0 Å². The van der Waals surface area contributed by atoms with Crippen molar-refractivity contribution in [3.05, 3.63) is 30.3 Å². The molecule has 5 heteroatoms. The fourth-order valence-electron chi connectivity index (χ4n) is 1.81. The molecule has 1 aliphatic heterocycles. The van der Waals surface area contributed by atoms with E-state index >= 15 is 0 Å². The fraction of sp³-hybridized carbons (Fsp3) is 0.0909. The van der Waals surface area contributed by atoms with Crippen LogP contribution in [0.15, 0.2) is 35.4 Å². The Morgan fingerprint density at radius 3 is 2.88 bits per heavy atom. The first-order valence-electron chi connectivity index (χ1n) is 4.98. The summed E-state index contributed by atoms with van der Waals surface area (Å²) in [6.45, 7) is 0. The highest BCUT2D eigenvalue weighted by atomic mass is 16.2. The summed E-state index contributed by atoms with van der Waals surface area (Å²) in [5.41, 5.74) is 6.50. The number of H-pyrrole nitrogens is 1. The van der Waals surface area contributed by atoms with E-state index in [1.807, 2.05) is 30.3 Å². The number of benzene rings is 1. The molecule has 1 aromatic heterocycles. The van der Waals surface area contributed by atoms with Crippen molar-refractivity contribution < 1.29 is 4.79 Å². The Morgan fingerprint density at radius 2 is 2.19 bits per heavy atom. The number of aromatic nitrogens is 1. The number of para-hydroxylation sites is 1. The summed E-state index contributed by atoms with van der Waals surface area (Å²) in [7, 11) is 0. The quantitative estimate of drug-likeness (QED) is 0.747. The Balaban J connectivity index is 2.09. The number of carbonyl (C=O) groups excluding carboxylic acids is 1. The molecule has 2 aromatic rings. The van der Waals surface area contributed by atoms with E-state index in [2.05, 4.69) is 10.1 Å². The van der Waals surface area contributed by atoms with Gasteiger partial charge >= 0.3 is 0 Å². The van der Waals surface area contributed by atoms with Crippen molar-refractivity contribution >= 4 is 28.5 Å². The van der Waals surface area contributed by atoms with Gasteiger partial charge < -0.3 is 10.7 Å². The van der Waals surface area contributed by atoms with Gasteiger partial charge in [-0.2, -0.15) is 10.1 Å². The molecule has 5 nitrogen and oxygen atoms in total. The average molecular weight is 214 g/mol. The van der Waals surface area contributed by atoms with E-state index in [0.29, 0.717) is 11.7 Å². The van der Waals surface area contributed by atoms with Gasteiger partial charge in [0.1, 0.15) is 11.7 Å². The SMILES string of the molecule is NC1=NN(c2cc3ccccc3[nH]2)C(=O)C1. The summed E-state index contributed by atoms with van der Waals surface area (Å²) in [6.07, 6.45) is 0.190. The van der Waals surface area contributed by atoms with E-state index in [-0.39, 0.29) is 12.3 Å². The van der Waals surface area contributed by atoms with E-state index in [1.54, 1.807) is 0 Å². The fourth-order valence-corrected chi connectivity index (χ4v) is 1.81. The lowest BCUT2D eigenvalue weighted by Crippen LogP contribution is -2.19. The van der Waals surface area contributed by atoms with E-state index in [0.717, 1.165) is 10.9 Å². The van der Waals surface area contributed by atoms with Gasteiger partial charge in [-0.3, -0.25) is 4.79 Å². The van der Waals surface area contributed by atoms with Gasteiger partial charge in [-0.25, -0.2) is 0 Å². The highest BCUT2D eigenvalue weighted by Crippen LogP contribution is 2.24. The lowest BCUT2D eigenvalue weighted by atomic mass is 10.2. The first kappa shape index (κ1) is 8.96. The predicted molar refractivity (Wildman–Crippen MR) is 62.0 cm³/mol. The minimum absolute atomic E-state index is 0.107. The molecule has 0 saturated heterocycles. The van der Waals surface area contributed by atoms with Crippen LogP contribution in [0.4, 0.5) is 5.82 Å². The monoisotopic (exact) mass is 214 g/mol. The van der Waals surface area contributed by atoms with Crippen LogP contribution < -0.4 is 10.7 Å². The van der Waals surface area contributed by atoms with Gasteiger partial charge in [-0.15, -0.1) is 0 Å². The van der Waals surface area contributed by atoms with Gasteiger partial charge in [0.25, 0.3) is 5.91 Å². The summed E-state index contributed by atoms with van der Waals surface area (Å²) >= 11 is 0. The van der Waals surface area contributed by atoms with Gasteiger partial charge in [-0.05, 0) is 12.1 Å². The Kier molecular flexibility index (Phi) is 1.73. The van der Waals surface area contributed by atoms with Crippen molar-refractivity contribution in [2.24, 2.45) is 10.8 Å². The molecule has 0 fully saturated rings. The van der Waals surface area contributed by atoms with Crippen LogP contribution in [0.2, 0.25) is 0 Å². The van der Waals surface area contributed by atoms with Crippen LogP contribution in [0.25, 0.3) is 10.9 Å². The molecular formula is C11H10N4O. The van der Waals surface area contributed by atoms with Gasteiger partial charge in [-0.1, -0.05) is 18.2 Å². The highest BCUT2D eigenvalue weighted by molar-refractivity contribution is 6.11. The third-order valence-electron chi connectivity index (χ3n) is 2.54. The van der Waals surface area contributed by atoms with Crippen molar-refractivity contribution in [2.75, 3.05) is 5.01 Å². The number of hydrazone groups is 1. The highest BCUT2D eigenvalue weighted by Gasteiger charge is 2.24. The summed E-state index contributed by atoms with van der Waals surface area (Å²) in [5.74, 6) is 0.902. The smallest absolute Gasteiger partial charge is 0.256 e. The number of hydrogen-bond donors (Lipinski definition) is 2. The average Bonchev–Trinajstić information content (AvgIpc) is 2.81.